The first-order chi connectivity index (χ1) is 10.7. The third-order valence-corrected chi connectivity index (χ3v) is 3.62. The molecule has 2 N–H and O–H groups in total. The Balaban J connectivity index is 1.84. The van der Waals surface area contributed by atoms with Crippen LogP contribution in [0.5, 0.6) is 0 Å². The van der Waals surface area contributed by atoms with Crippen LogP contribution >= 0.6 is 11.6 Å². The summed E-state index contributed by atoms with van der Waals surface area (Å²) in [5, 5.41) is 8.09. The Morgan fingerprint density at radius 2 is 1.86 bits per heavy atom. The van der Waals surface area contributed by atoms with Crippen LogP contribution in [-0.4, -0.2) is 19.7 Å². The summed E-state index contributed by atoms with van der Waals surface area (Å²) < 4.78 is 7.57. The van der Waals surface area contributed by atoms with Crippen LogP contribution in [0.2, 0.25) is 5.02 Å². The maximum absolute atomic E-state index is 6.20. The molecule has 7 heteroatoms. The van der Waals surface area contributed by atoms with E-state index in [0.717, 1.165) is 11.2 Å². The van der Waals surface area contributed by atoms with E-state index in [9.17, 15) is 0 Å². The number of nitrogens with two attached hydrogens (primary N) is 1. The van der Waals surface area contributed by atoms with Crippen LogP contribution in [0.4, 0.5) is 5.69 Å². The molecule has 0 aliphatic rings. The van der Waals surface area contributed by atoms with Crippen molar-refractivity contribution in [3.05, 3.63) is 54.1 Å². The molecule has 0 bridgehead atoms. The number of hydrogen-bond acceptors (Lipinski definition) is 5. The molecule has 2 aromatic carbocycles. The molecular weight excluding hydrogens is 302 g/mol. The molecule has 0 fully saturated rings. The fraction of sp³-hybridized carbons (Fsp3) is 0. The van der Waals surface area contributed by atoms with E-state index < -0.39 is 0 Å². The molecule has 0 unspecified atom stereocenters. The van der Waals surface area contributed by atoms with Gasteiger partial charge in [0.1, 0.15) is 18.2 Å². The maximum Gasteiger partial charge on any atom is 0.228 e. The van der Waals surface area contributed by atoms with Crippen molar-refractivity contribution in [1.82, 2.24) is 19.7 Å². The number of fused-ring (bicyclic) bond motifs is 1. The first-order valence-corrected chi connectivity index (χ1v) is 6.89. The molecule has 2 aromatic heterocycles. The lowest BCUT2D eigenvalue weighted by Crippen LogP contribution is -1.89. The SMILES string of the molecule is Nc1ccc(-c2nc3cc(-n4cnnc4)ccc3o2)c(Cl)c1. The van der Waals surface area contributed by atoms with Crippen molar-refractivity contribution in [3.63, 3.8) is 0 Å². The van der Waals surface area contributed by atoms with Gasteiger partial charge in [-0.3, -0.25) is 4.57 Å². The number of aromatic nitrogens is 4. The second-order valence-electron chi connectivity index (χ2n) is 4.78. The Bertz CT molecular complexity index is 961. The highest BCUT2D eigenvalue weighted by Gasteiger charge is 2.12. The van der Waals surface area contributed by atoms with Crippen molar-refractivity contribution < 1.29 is 4.42 Å². The largest absolute Gasteiger partial charge is 0.436 e. The van der Waals surface area contributed by atoms with Crippen LogP contribution in [0.1, 0.15) is 0 Å². The van der Waals surface area contributed by atoms with Gasteiger partial charge in [0.05, 0.1) is 16.3 Å². The zero-order valence-electron chi connectivity index (χ0n) is 11.3. The number of hydrogen-bond donors (Lipinski definition) is 1. The minimum absolute atomic E-state index is 0.459. The Hall–Kier alpha value is -2.86. The van der Waals surface area contributed by atoms with Gasteiger partial charge in [-0.15, -0.1) is 10.2 Å². The zero-order chi connectivity index (χ0) is 15.1. The van der Waals surface area contributed by atoms with E-state index in [1.807, 2.05) is 18.2 Å². The van der Waals surface area contributed by atoms with E-state index in [1.54, 1.807) is 35.4 Å². The zero-order valence-corrected chi connectivity index (χ0v) is 12.0. The number of halogens is 1. The molecule has 4 rings (SSSR count). The van der Waals surface area contributed by atoms with E-state index in [2.05, 4.69) is 15.2 Å². The molecule has 2 heterocycles. The molecule has 0 saturated carbocycles. The van der Waals surface area contributed by atoms with Crippen molar-refractivity contribution in [2.24, 2.45) is 0 Å². The average molecular weight is 312 g/mol. The quantitative estimate of drug-likeness (QED) is 0.574. The van der Waals surface area contributed by atoms with E-state index >= 15 is 0 Å². The van der Waals surface area contributed by atoms with Crippen LogP contribution in [0.25, 0.3) is 28.2 Å². The van der Waals surface area contributed by atoms with Crippen molar-refractivity contribution in [3.8, 4) is 17.1 Å². The number of anilines is 1. The predicted octanol–water partition coefficient (Wildman–Crippen LogP) is 3.31. The fourth-order valence-corrected chi connectivity index (χ4v) is 2.50. The molecule has 0 atom stereocenters. The highest BCUT2D eigenvalue weighted by molar-refractivity contribution is 6.33. The van der Waals surface area contributed by atoms with Gasteiger partial charge >= 0.3 is 0 Å². The number of nitrogen functional groups attached to an aromatic ring is 1. The molecule has 0 radical (unpaired) electrons. The van der Waals surface area contributed by atoms with Gasteiger partial charge in [-0.25, -0.2) is 4.98 Å². The first-order valence-electron chi connectivity index (χ1n) is 6.52. The van der Waals surface area contributed by atoms with E-state index in [0.29, 0.717) is 27.7 Å². The summed E-state index contributed by atoms with van der Waals surface area (Å²) >= 11 is 6.20. The van der Waals surface area contributed by atoms with Crippen LogP contribution in [0, 0.1) is 0 Å². The van der Waals surface area contributed by atoms with Crippen molar-refractivity contribution in [1.29, 1.82) is 0 Å². The van der Waals surface area contributed by atoms with Crippen LogP contribution < -0.4 is 5.73 Å². The summed E-state index contributed by atoms with van der Waals surface area (Å²) in [7, 11) is 0. The molecule has 6 nitrogen and oxygen atoms in total. The van der Waals surface area contributed by atoms with Gasteiger partial charge < -0.3 is 10.2 Å². The third kappa shape index (κ3) is 2.10. The highest BCUT2D eigenvalue weighted by atomic mass is 35.5. The Morgan fingerprint density at radius 3 is 2.64 bits per heavy atom. The summed E-state index contributed by atoms with van der Waals surface area (Å²) in [6.07, 6.45) is 3.25. The average Bonchev–Trinajstić information content (AvgIpc) is 3.15. The Labute approximate surface area is 130 Å². The monoisotopic (exact) mass is 311 g/mol. The topological polar surface area (TPSA) is 82.8 Å². The fourth-order valence-electron chi connectivity index (χ4n) is 2.23. The molecule has 4 aromatic rings. The van der Waals surface area contributed by atoms with E-state index in [4.69, 9.17) is 21.8 Å². The van der Waals surface area contributed by atoms with E-state index in [-0.39, 0.29) is 0 Å². The van der Waals surface area contributed by atoms with Gasteiger partial charge in [0.15, 0.2) is 5.58 Å². The lowest BCUT2D eigenvalue weighted by atomic mass is 10.2. The number of rotatable bonds is 2. The summed E-state index contributed by atoms with van der Waals surface area (Å²) in [6, 6.07) is 10.9. The normalized spacial score (nSPS) is 11.1. The highest BCUT2D eigenvalue weighted by Crippen LogP contribution is 2.31. The number of nitrogens with zero attached hydrogens (tertiary/aromatic N) is 4. The van der Waals surface area contributed by atoms with Crippen molar-refractivity contribution >= 4 is 28.4 Å². The Morgan fingerprint density at radius 1 is 1.05 bits per heavy atom. The molecule has 0 amide bonds. The van der Waals surface area contributed by atoms with Gasteiger partial charge in [0.25, 0.3) is 0 Å². The maximum atomic E-state index is 6.20. The first kappa shape index (κ1) is 12.8. The van der Waals surface area contributed by atoms with E-state index in [1.165, 1.54) is 0 Å². The van der Waals surface area contributed by atoms with Crippen LogP contribution in [0.15, 0.2) is 53.5 Å². The third-order valence-electron chi connectivity index (χ3n) is 3.31. The smallest absolute Gasteiger partial charge is 0.228 e. The van der Waals surface area contributed by atoms with Gasteiger partial charge in [-0.2, -0.15) is 0 Å². The molecule has 108 valence electrons. The summed E-state index contributed by atoms with van der Waals surface area (Å²) in [5.74, 6) is 0.459. The lowest BCUT2D eigenvalue weighted by molar-refractivity contribution is 0.620. The number of benzene rings is 2. The second-order valence-corrected chi connectivity index (χ2v) is 5.19. The number of oxazole rings is 1. The van der Waals surface area contributed by atoms with Gasteiger partial charge in [-0.05, 0) is 36.4 Å². The molecule has 0 aliphatic heterocycles. The second kappa shape index (κ2) is 4.85. The molecule has 0 saturated heterocycles. The van der Waals surface area contributed by atoms with Gasteiger partial charge in [0.2, 0.25) is 5.89 Å². The van der Waals surface area contributed by atoms with Gasteiger partial charge in [0, 0.05) is 5.69 Å². The minimum Gasteiger partial charge on any atom is -0.436 e. The molecule has 0 aliphatic carbocycles. The summed E-state index contributed by atoms with van der Waals surface area (Å²) in [6.45, 7) is 0. The van der Waals surface area contributed by atoms with Crippen LogP contribution in [0.3, 0.4) is 0 Å². The Kier molecular flexibility index (Phi) is 2.83. The van der Waals surface area contributed by atoms with Crippen molar-refractivity contribution in [2.75, 3.05) is 5.73 Å². The summed E-state index contributed by atoms with van der Waals surface area (Å²) in [5.41, 5.74) is 9.32. The lowest BCUT2D eigenvalue weighted by Gasteiger charge is -1.99. The minimum atomic E-state index is 0.459. The van der Waals surface area contributed by atoms with Crippen LogP contribution in [-0.2, 0) is 0 Å². The standard InChI is InChI=1S/C15H10ClN5O/c16-12-5-9(17)1-3-11(12)15-20-13-6-10(2-4-14(13)22-15)21-7-18-19-8-21/h1-8H,17H2. The summed E-state index contributed by atoms with van der Waals surface area (Å²) in [4.78, 5) is 4.50. The van der Waals surface area contributed by atoms with Crippen molar-refractivity contribution in [2.45, 2.75) is 0 Å². The predicted molar refractivity (Wildman–Crippen MR) is 83.8 cm³/mol. The molecular formula is C15H10ClN5O. The molecule has 22 heavy (non-hydrogen) atoms. The van der Waals surface area contributed by atoms with Gasteiger partial charge in [-0.1, -0.05) is 11.6 Å². The molecule has 0 spiro atoms.